The fourth-order valence-electron chi connectivity index (χ4n) is 1.20. The molecule has 0 bridgehead atoms. The highest BCUT2D eigenvalue weighted by Gasteiger charge is 2.29. The zero-order valence-electron chi connectivity index (χ0n) is 6.33. The third kappa shape index (κ3) is 1.65. The Morgan fingerprint density at radius 2 is 2.64 bits per heavy atom. The van der Waals surface area contributed by atoms with Crippen LogP contribution in [0.15, 0.2) is 5.57 Å². The van der Waals surface area contributed by atoms with Crippen LogP contribution in [0.1, 0.15) is 0 Å². The molecule has 1 rings (SSSR count). The maximum atomic E-state index is 10.4. The monoisotopic (exact) mass is 173 g/mol. The smallest absolute Gasteiger partial charge is 0.126 e. The first-order chi connectivity index (χ1) is 5.33. The van der Waals surface area contributed by atoms with Gasteiger partial charge in [-0.3, -0.25) is 0 Å². The Kier molecular flexibility index (Phi) is 3.15. The summed E-state index contributed by atoms with van der Waals surface area (Å²) in [6.45, 7) is 0.749. The number of hydrogen-bond acceptors (Lipinski definition) is 4. The van der Waals surface area contributed by atoms with Crippen molar-refractivity contribution >= 4 is 17.7 Å². The van der Waals surface area contributed by atoms with E-state index in [9.17, 15) is 4.79 Å². The van der Waals surface area contributed by atoms with E-state index in [2.05, 4.69) is 5.32 Å². The normalized spacial score (nSPS) is 30.5. The third-order valence-corrected chi connectivity index (χ3v) is 2.85. The van der Waals surface area contributed by atoms with Gasteiger partial charge >= 0.3 is 0 Å². The zero-order chi connectivity index (χ0) is 8.27. The van der Waals surface area contributed by atoms with Crippen molar-refractivity contribution in [1.29, 1.82) is 0 Å². The lowest BCUT2D eigenvalue weighted by Crippen LogP contribution is -2.26. The number of nitrogens with one attached hydrogen (secondary N) is 1. The van der Waals surface area contributed by atoms with Crippen LogP contribution in [0, 0.1) is 0 Å². The Morgan fingerprint density at radius 3 is 3.09 bits per heavy atom. The van der Waals surface area contributed by atoms with Crippen molar-refractivity contribution in [2.75, 3.05) is 19.4 Å². The predicted molar refractivity (Wildman–Crippen MR) is 45.4 cm³/mol. The molecule has 1 aliphatic rings. The summed E-state index contributed by atoms with van der Waals surface area (Å²) >= 11 is 1.61. The van der Waals surface area contributed by atoms with E-state index < -0.39 is 0 Å². The van der Waals surface area contributed by atoms with Crippen LogP contribution in [0.5, 0.6) is 0 Å². The summed E-state index contributed by atoms with van der Waals surface area (Å²) in [7, 11) is 0. The van der Waals surface area contributed by atoms with Gasteiger partial charge < -0.3 is 10.4 Å². The zero-order valence-corrected chi connectivity index (χ0v) is 7.15. The molecule has 0 spiro atoms. The van der Waals surface area contributed by atoms with Gasteiger partial charge in [-0.05, 0) is 6.26 Å². The van der Waals surface area contributed by atoms with Crippen LogP contribution >= 0.6 is 11.8 Å². The second-order valence-electron chi connectivity index (χ2n) is 2.43. The topological polar surface area (TPSA) is 49.3 Å². The molecule has 0 aliphatic carbocycles. The van der Waals surface area contributed by atoms with Crippen LogP contribution in [0.25, 0.3) is 0 Å². The quantitative estimate of drug-likeness (QED) is 0.550. The van der Waals surface area contributed by atoms with Gasteiger partial charge in [0, 0.05) is 12.1 Å². The highest BCUT2D eigenvalue weighted by atomic mass is 32.2. The molecule has 3 nitrogen and oxygen atoms in total. The Bertz CT molecular complexity index is 175. The van der Waals surface area contributed by atoms with Crippen LogP contribution in [0.2, 0.25) is 0 Å². The van der Waals surface area contributed by atoms with E-state index in [1.54, 1.807) is 11.8 Å². The average Bonchev–Trinajstić information content (AvgIpc) is 2.45. The fraction of sp³-hybridized carbons (Fsp3) is 0.714. The number of thioether (sulfide) groups is 1. The number of rotatable bonds is 2. The minimum Gasteiger partial charge on any atom is -0.394 e. The molecule has 2 unspecified atom stereocenters. The third-order valence-electron chi connectivity index (χ3n) is 1.86. The van der Waals surface area contributed by atoms with Gasteiger partial charge in [0.05, 0.1) is 17.9 Å². The average molecular weight is 173 g/mol. The summed E-state index contributed by atoms with van der Waals surface area (Å²) in [5.74, 6) is 1.89. The molecule has 4 heteroatoms. The summed E-state index contributed by atoms with van der Waals surface area (Å²) in [6.07, 6.45) is 1.95. The first-order valence-corrected chi connectivity index (χ1v) is 4.74. The predicted octanol–water partition coefficient (Wildman–Crippen LogP) is -0.560. The molecule has 0 aromatic carbocycles. The first-order valence-electron chi connectivity index (χ1n) is 3.45. The molecule has 62 valence electrons. The van der Waals surface area contributed by atoms with Crippen molar-refractivity contribution in [3.05, 3.63) is 5.57 Å². The van der Waals surface area contributed by atoms with Crippen LogP contribution in [-0.2, 0) is 4.79 Å². The molecule has 1 heterocycles. The summed E-state index contributed by atoms with van der Waals surface area (Å²) < 4.78 is 0. The van der Waals surface area contributed by atoms with Crippen LogP contribution in [0.3, 0.4) is 0 Å². The Balaban J connectivity index is 2.71. The summed E-state index contributed by atoms with van der Waals surface area (Å²) in [5, 5.41) is 12.0. The molecule has 2 N–H and O–H groups in total. The Labute approximate surface area is 69.9 Å². The van der Waals surface area contributed by atoms with E-state index in [1.165, 1.54) is 0 Å². The second kappa shape index (κ2) is 3.93. The molecule has 0 amide bonds. The molecular weight excluding hydrogens is 162 g/mol. The maximum absolute atomic E-state index is 10.4. The molecule has 1 aliphatic heterocycles. The van der Waals surface area contributed by atoms with E-state index >= 15 is 0 Å². The minimum atomic E-state index is -0.162. The summed E-state index contributed by atoms with van der Waals surface area (Å²) in [5.41, 5.74) is 0.667. The van der Waals surface area contributed by atoms with Crippen molar-refractivity contribution in [2.45, 2.75) is 11.3 Å². The van der Waals surface area contributed by atoms with Gasteiger partial charge in [0.1, 0.15) is 5.94 Å². The van der Waals surface area contributed by atoms with E-state index in [0.29, 0.717) is 5.57 Å². The Morgan fingerprint density at radius 1 is 1.91 bits per heavy atom. The highest BCUT2D eigenvalue weighted by molar-refractivity contribution is 7.99. The molecule has 2 atom stereocenters. The lowest BCUT2D eigenvalue weighted by Gasteiger charge is -2.06. The molecule has 0 saturated carbocycles. The van der Waals surface area contributed by atoms with Crippen molar-refractivity contribution in [3.63, 3.8) is 0 Å². The van der Waals surface area contributed by atoms with Crippen molar-refractivity contribution in [1.82, 2.24) is 5.32 Å². The van der Waals surface area contributed by atoms with E-state index in [0.717, 1.165) is 6.54 Å². The molecule has 0 aromatic heterocycles. The summed E-state index contributed by atoms with van der Waals surface area (Å²) in [6, 6.07) is -0.162. The van der Waals surface area contributed by atoms with Crippen molar-refractivity contribution in [3.8, 4) is 0 Å². The SMILES string of the molecule is CSC1CNC(CO)C1=C=O. The minimum absolute atomic E-state index is 0.0123. The van der Waals surface area contributed by atoms with Gasteiger partial charge in [-0.2, -0.15) is 11.8 Å². The summed E-state index contributed by atoms with van der Waals surface area (Å²) in [4.78, 5) is 10.4. The van der Waals surface area contributed by atoms with Gasteiger partial charge in [-0.25, -0.2) is 4.79 Å². The Hall–Kier alpha value is -0.280. The van der Waals surface area contributed by atoms with E-state index in [-0.39, 0.29) is 17.9 Å². The second-order valence-corrected chi connectivity index (χ2v) is 3.47. The first kappa shape index (κ1) is 8.81. The van der Waals surface area contributed by atoms with Gasteiger partial charge in [0.2, 0.25) is 0 Å². The van der Waals surface area contributed by atoms with Crippen molar-refractivity contribution < 1.29 is 9.90 Å². The van der Waals surface area contributed by atoms with Gasteiger partial charge in [0.15, 0.2) is 0 Å². The highest BCUT2D eigenvalue weighted by Crippen LogP contribution is 2.22. The van der Waals surface area contributed by atoms with Gasteiger partial charge in [-0.1, -0.05) is 0 Å². The largest absolute Gasteiger partial charge is 0.394 e. The lowest BCUT2D eigenvalue weighted by atomic mass is 10.1. The number of carbonyl (C=O) groups excluding carboxylic acids is 1. The van der Waals surface area contributed by atoms with E-state index in [1.807, 2.05) is 12.2 Å². The molecule has 0 radical (unpaired) electrons. The molecule has 0 aromatic rings. The van der Waals surface area contributed by atoms with Crippen molar-refractivity contribution in [2.24, 2.45) is 0 Å². The molecule has 1 fully saturated rings. The van der Waals surface area contributed by atoms with Crippen LogP contribution in [-0.4, -0.2) is 41.7 Å². The van der Waals surface area contributed by atoms with Gasteiger partial charge in [-0.15, -0.1) is 0 Å². The van der Waals surface area contributed by atoms with Crippen LogP contribution in [0.4, 0.5) is 0 Å². The standard InChI is InChI=1S/C7H11NO2S/c1-11-7-2-8-6(4-10)5(7)3-9/h6-8,10H,2,4H2,1H3. The van der Waals surface area contributed by atoms with E-state index in [4.69, 9.17) is 5.11 Å². The molecule has 1 saturated heterocycles. The molecule has 11 heavy (non-hydrogen) atoms. The van der Waals surface area contributed by atoms with Gasteiger partial charge in [0.25, 0.3) is 0 Å². The number of aliphatic hydroxyl groups excluding tert-OH is 1. The number of hydrogen-bond donors (Lipinski definition) is 2. The fourth-order valence-corrected chi connectivity index (χ4v) is 1.93. The van der Waals surface area contributed by atoms with Crippen LogP contribution < -0.4 is 5.32 Å². The number of aliphatic hydroxyl groups is 1. The lowest BCUT2D eigenvalue weighted by molar-refractivity contribution is 0.270. The maximum Gasteiger partial charge on any atom is 0.126 e. The molecular formula is C7H11NO2S.